The van der Waals surface area contributed by atoms with Gasteiger partial charge in [-0.15, -0.1) is 0 Å². The molecule has 72 valence electrons. The van der Waals surface area contributed by atoms with Gasteiger partial charge in [0.25, 0.3) is 5.91 Å². The predicted octanol–water partition coefficient (Wildman–Crippen LogP) is 1.85. The van der Waals surface area contributed by atoms with Gasteiger partial charge in [-0.2, -0.15) is 0 Å². The Morgan fingerprint density at radius 2 is 2.29 bits per heavy atom. The van der Waals surface area contributed by atoms with Crippen molar-refractivity contribution in [2.75, 3.05) is 0 Å². The van der Waals surface area contributed by atoms with Crippen molar-refractivity contribution in [3.8, 4) is 11.8 Å². The fraction of sp³-hybridized carbons (Fsp3) is 0.182. The first-order valence-corrected chi connectivity index (χ1v) is 5.02. The lowest BCUT2D eigenvalue weighted by Crippen LogP contribution is -2.06. The third-order valence-electron chi connectivity index (χ3n) is 1.77. The first-order chi connectivity index (χ1) is 6.63. The van der Waals surface area contributed by atoms with Crippen molar-refractivity contribution in [1.29, 1.82) is 0 Å². The van der Waals surface area contributed by atoms with Gasteiger partial charge in [0, 0.05) is 10.0 Å². The van der Waals surface area contributed by atoms with E-state index < -0.39 is 5.91 Å². The molecule has 0 saturated carbocycles. The second-order valence-corrected chi connectivity index (χ2v) is 3.68. The molecule has 0 fully saturated rings. The summed E-state index contributed by atoms with van der Waals surface area (Å²) < 4.78 is 1.01. The van der Waals surface area contributed by atoms with Gasteiger partial charge in [0.15, 0.2) is 0 Å². The van der Waals surface area contributed by atoms with Crippen LogP contribution in [0.15, 0.2) is 22.7 Å². The van der Waals surface area contributed by atoms with E-state index in [-0.39, 0.29) is 0 Å². The number of carbonyl (C=O) groups excluding carboxylic acids is 1. The highest BCUT2D eigenvalue weighted by Gasteiger charge is 1.98. The SMILES string of the molecule is CCc1cc(Br)ccc1C#CC(N)=O. The van der Waals surface area contributed by atoms with Gasteiger partial charge in [-0.3, -0.25) is 4.79 Å². The Morgan fingerprint density at radius 1 is 1.57 bits per heavy atom. The molecule has 0 heterocycles. The molecular weight excluding hydrogens is 242 g/mol. The molecule has 0 atom stereocenters. The molecule has 0 aromatic heterocycles. The van der Waals surface area contributed by atoms with Crippen LogP contribution in [0.3, 0.4) is 0 Å². The molecule has 1 rings (SSSR count). The minimum Gasteiger partial charge on any atom is -0.359 e. The van der Waals surface area contributed by atoms with E-state index in [1.165, 1.54) is 0 Å². The zero-order valence-corrected chi connectivity index (χ0v) is 9.39. The van der Waals surface area contributed by atoms with Crippen LogP contribution in [0.5, 0.6) is 0 Å². The molecule has 2 N–H and O–H groups in total. The number of nitrogens with two attached hydrogens (primary N) is 1. The topological polar surface area (TPSA) is 43.1 Å². The Morgan fingerprint density at radius 3 is 2.86 bits per heavy atom. The highest BCUT2D eigenvalue weighted by atomic mass is 79.9. The lowest BCUT2D eigenvalue weighted by atomic mass is 10.1. The van der Waals surface area contributed by atoms with Crippen LogP contribution in [-0.2, 0) is 11.2 Å². The minimum absolute atomic E-state index is 0.602. The van der Waals surface area contributed by atoms with Crippen molar-refractivity contribution in [3.63, 3.8) is 0 Å². The molecule has 0 aliphatic rings. The van der Waals surface area contributed by atoms with Crippen molar-refractivity contribution in [3.05, 3.63) is 33.8 Å². The summed E-state index contributed by atoms with van der Waals surface area (Å²) in [6.07, 6.45) is 0.877. The lowest BCUT2D eigenvalue weighted by molar-refractivity contribution is -0.112. The fourth-order valence-corrected chi connectivity index (χ4v) is 1.51. The van der Waals surface area contributed by atoms with Crippen LogP contribution in [-0.4, -0.2) is 5.91 Å². The molecule has 0 spiro atoms. The summed E-state index contributed by atoms with van der Waals surface area (Å²) in [5.74, 6) is 4.47. The number of benzene rings is 1. The van der Waals surface area contributed by atoms with Gasteiger partial charge in [0.2, 0.25) is 0 Å². The summed E-state index contributed by atoms with van der Waals surface area (Å²) in [6.45, 7) is 2.04. The van der Waals surface area contributed by atoms with Crippen molar-refractivity contribution in [2.24, 2.45) is 5.73 Å². The summed E-state index contributed by atoms with van der Waals surface area (Å²) in [7, 11) is 0. The average Bonchev–Trinajstić information content (AvgIpc) is 2.15. The molecule has 1 aromatic rings. The third-order valence-corrected chi connectivity index (χ3v) is 2.26. The highest BCUT2D eigenvalue weighted by Crippen LogP contribution is 2.16. The number of amides is 1. The second kappa shape index (κ2) is 4.83. The number of halogens is 1. The Labute approximate surface area is 91.6 Å². The van der Waals surface area contributed by atoms with E-state index in [0.717, 1.165) is 22.0 Å². The molecule has 0 radical (unpaired) electrons. The van der Waals surface area contributed by atoms with E-state index in [1.54, 1.807) is 0 Å². The number of aryl methyl sites for hydroxylation is 1. The van der Waals surface area contributed by atoms with E-state index >= 15 is 0 Å². The number of hydrogen-bond donors (Lipinski definition) is 1. The first kappa shape index (κ1) is 10.8. The third kappa shape index (κ3) is 2.90. The Bertz CT molecular complexity index is 415. The van der Waals surface area contributed by atoms with Crippen LogP contribution >= 0.6 is 15.9 Å². The maximum Gasteiger partial charge on any atom is 0.293 e. The van der Waals surface area contributed by atoms with Gasteiger partial charge in [0.05, 0.1) is 0 Å². The van der Waals surface area contributed by atoms with Crippen LogP contribution in [0, 0.1) is 11.8 Å². The molecule has 2 nitrogen and oxygen atoms in total. The summed E-state index contributed by atoms with van der Waals surface area (Å²) in [5.41, 5.74) is 6.90. The maximum atomic E-state index is 10.5. The van der Waals surface area contributed by atoms with E-state index in [2.05, 4.69) is 27.8 Å². The zero-order valence-electron chi connectivity index (χ0n) is 7.80. The summed E-state index contributed by atoms with van der Waals surface area (Å²) in [4.78, 5) is 10.5. The summed E-state index contributed by atoms with van der Waals surface area (Å²) in [5, 5.41) is 0. The molecule has 0 saturated heterocycles. The number of primary amides is 1. The molecule has 0 aliphatic carbocycles. The second-order valence-electron chi connectivity index (χ2n) is 2.77. The Balaban J connectivity index is 3.10. The molecule has 14 heavy (non-hydrogen) atoms. The molecule has 0 aliphatic heterocycles. The smallest absolute Gasteiger partial charge is 0.293 e. The minimum atomic E-state index is -0.602. The van der Waals surface area contributed by atoms with Gasteiger partial charge >= 0.3 is 0 Å². The van der Waals surface area contributed by atoms with Gasteiger partial charge in [-0.1, -0.05) is 28.8 Å². The van der Waals surface area contributed by atoms with Crippen LogP contribution in [0.25, 0.3) is 0 Å². The number of hydrogen-bond acceptors (Lipinski definition) is 1. The predicted molar refractivity (Wildman–Crippen MR) is 59.6 cm³/mol. The van der Waals surface area contributed by atoms with Gasteiger partial charge in [0.1, 0.15) is 0 Å². The monoisotopic (exact) mass is 251 g/mol. The first-order valence-electron chi connectivity index (χ1n) is 4.23. The number of rotatable bonds is 1. The zero-order chi connectivity index (χ0) is 10.6. The molecule has 3 heteroatoms. The van der Waals surface area contributed by atoms with E-state index in [4.69, 9.17) is 5.73 Å². The van der Waals surface area contributed by atoms with Crippen molar-refractivity contribution < 1.29 is 4.79 Å². The van der Waals surface area contributed by atoms with Crippen LogP contribution in [0.4, 0.5) is 0 Å². The maximum absolute atomic E-state index is 10.5. The Kier molecular flexibility index (Phi) is 3.73. The largest absolute Gasteiger partial charge is 0.359 e. The van der Waals surface area contributed by atoms with Crippen LogP contribution in [0.2, 0.25) is 0 Å². The van der Waals surface area contributed by atoms with Gasteiger partial charge < -0.3 is 5.73 Å². The van der Waals surface area contributed by atoms with Gasteiger partial charge in [-0.05, 0) is 36.1 Å². The summed E-state index contributed by atoms with van der Waals surface area (Å²) >= 11 is 3.38. The normalized spacial score (nSPS) is 9.00. The van der Waals surface area contributed by atoms with E-state index in [9.17, 15) is 4.79 Å². The molecule has 1 aromatic carbocycles. The standard InChI is InChI=1S/C11H10BrNO/c1-2-8-7-10(12)5-3-9(8)4-6-11(13)14/h3,5,7H,2H2,1H3,(H2,13,14). The number of carbonyl (C=O) groups is 1. The van der Waals surface area contributed by atoms with Crippen LogP contribution < -0.4 is 5.73 Å². The fourth-order valence-electron chi connectivity index (χ4n) is 1.11. The quantitative estimate of drug-likeness (QED) is 0.761. The van der Waals surface area contributed by atoms with Crippen LogP contribution in [0.1, 0.15) is 18.1 Å². The highest BCUT2D eigenvalue weighted by molar-refractivity contribution is 9.10. The average molecular weight is 252 g/mol. The molecular formula is C11H10BrNO. The Hall–Kier alpha value is -1.27. The van der Waals surface area contributed by atoms with Crippen molar-refractivity contribution in [2.45, 2.75) is 13.3 Å². The molecule has 0 unspecified atom stereocenters. The van der Waals surface area contributed by atoms with Crippen molar-refractivity contribution >= 4 is 21.8 Å². The lowest BCUT2D eigenvalue weighted by Gasteiger charge is -2.01. The molecule has 0 bridgehead atoms. The van der Waals surface area contributed by atoms with Crippen molar-refractivity contribution in [1.82, 2.24) is 0 Å². The van der Waals surface area contributed by atoms with E-state index in [1.807, 2.05) is 25.1 Å². The molecule has 1 amide bonds. The summed E-state index contributed by atoms with van der Waals surface area (Å²) in [6, 6.07) is 5.76. The van der Waals surface area contributed by atoms with Gasteiger partial charge in [-0.25, -0.2) is 0 Å². The van der Waals surface area contributed by atoms with E-state index in [0.29, 0.717) is 0 Å².